The van der Waals surface area contributed by atoms with Crippen LogP contribution in [0.25, 0.3) is 0 Å². The van der Waals surface area contributed by atoms with Gasteiger partial charge in [-0.25, -0.2) is 0 Å². The Morgan fingerprint density at radius 3 is 2.69 bits per heavy atom. The third-order valence-corrected chi connectivity index (χ3v) is 5.18. The van der Waals surface area contributed by atoms with Crippen LogP contribution in [-0.2, 0) is 9.59 Å². The normalized spacial score (nSPS) is 16.6. The van der Waals surface area contributed by atoms with Crippen molar-refractivity contribution in [2.45, 2.75) is 39.3 Å². The summed E-state index contributed by atoms with van der Waals surface area (Å²) in [5.41, 5.74) is 1.36. The minimum absolute atomic E-state index is 0.193. The van der Waals surface area contributed by atoms with Gasteiger partial charge in [-0.15, -0.1) is 0 Å². The number of aryl methyl sites for hydroxylation is 1. The third kappa shape index (κ3) is 4.02. The molecule has 1 N–H and O–H groups in total. The molecule has 2 amide bonds. The van der Waals surface area contributed by atoms with E-state index >= 15 is 0 Å². The summed E-state index contributed by atoms with van der Waals surface area (Å²) in [4.78, 5) is 37.6. The van der Waals surface area contributed by atoms with Crippen LogP contribution < -0.4 is 15.0 Å². The van der Waals surface area contributed by atoms with Gasteiger partial charge in [-0.3, -0.25) is 24.6 Å². The molecule has 0 saturated carbocycles. The number of nitrogens with zero attached hydrogens (tertiary/aromatic N) is 2. The van der Waals surface area contributed by atoms with Gasteiger partial charge in [0.25, 0.3) is 11.6 Å². The van der Waals surface area contributed by atoms with Gasteiger partial charge >= 0.3 is 0 Å². The zero-order valence-electron chi connectivity index (χ0n) is 16.1. The lowest BCUT2D eigenvalue weighted by atomic mass is 10.1. The minimum Gasteiger partial charge on any atom is -0.478 e. The van der Waals surface area contributed by atoms with Crippen LogP contribution >= 0.6 is 11.6 Å². The fourth-order valence-corrected chi connectivity index (χ4v) is 3.26. The highest BCUT2D eigenvalue weighted by Crippen LogP contribution is 2.38. The Balaban J connectivity index is 1.95. The van der Waals surface area contributed by atoms with Gasteiger partial charge < -0.3 is 10.1 Å². The fourth-order valence-electron chi connectivity index (χ4n) is 3.08. The highest BCUT2D eigenvalue weighted by atomic mass is 35.5. The van der Waals surface area contributed by atoms with Crippen molar-refractivity contribution in [2.24, 2.45) is 0 Å². The molecule has 8 nitrogen and oxygen atoms in total. The molecule has 0 saturated heterocycles. The number of amides is 2. The SMILES string of the molecule is CCC1Oc2ccc([N+](=O)[O-])cc2N(C(C)C(=O)Nc2ccc(C)c(Cl)c2)C1=O. The molecule has 0 spiro atoms. The van der Waals surface area contributed by atoms with Crippen molar-refractivity contribution < 1.29 is 19.2 Å². The van der Waals surface area contributed by atoms with E-state index in [1.54, 1.807) is 32.0 Å². The Hall–Kier alpha value is -3.13. The van der Waals surface area contributed by atoms with Crippen LogP contribution in [0.15, 0.2) is 36.4 Å². The summed E-state index contributed by atoms with van der Waals surface area (Å²) in [6.07, 6.45) is -0.374. The van der Waals surface area contributed by atoms with Crippen LogP contribution in [0.3, 0.4) is 0 Å². The van der Waals surface area contributed by atoms with E-state index in [1.807, 2.05) is 6.92 Å². The molecule has 3 rings (SSSR count). The van der Waals surface area contributed by atoms with Crippen molar-refractivity contribution in [3.63, 3.8) is 0 Å². The van der Waals surface area contributed by atoms with Crippen molar-refractivity contribution in [3.8, 4) is 5.75 Å². The average Bonchev–Trinajstić information content (AvgIpc) is 2.69. The quantitative estimate of drug-likeness (QED) is 0.583. The van der Waals surface area contributed by atoms with Gasteiger partial charge in [0.2, 0.25) is 5.91 Å². The largest absolute Gasteiger partial charge is 0.478 e. The van der Waals surface area contributed by atoms with Crippen molar-refractivity contribution in [3.05, 3.63) is 57.1 Å². The van der Waals surface area contributed by atoms with Crippen LogP contribution in [0.1, 0.15) is 25.8 Å². The Morgan fingerprint density at radius 2 is 2.07 bits per heavy atom. The number of nitro benzene ring substituents is 1. The van der Waals surface area contributed by atoms with Crippen molar-refractivity contribution >= 4 is 40.5 Å². The van der Waals surface area contributed by atoms with Gasteiger partial charge in [0.05, 0.1) is 10.6 Å². The first kappa shape index (κ1) is 20.6. The Morgan fingerprint density at radius 1 is 1.34 bits per heavy atom. The molecule has 9 heteroatoms. The summed E-state index contributed by atoms with van der Waals surface area (Å²) in [6.45, 7) is 5.19. The highest BCUT2D eigenvalue weighted by molar-refractivity contribution is 6.31. The van der Waals surface area contributed by atoms with Gasteiger partial charge in [-0.2, -0.15) is 0 Å². The number of nitrogens with one attached hydrogen (secondary N) is 1. The number of carbonyl (C=O) groups is 2. The molecule has 0 bridgehead atoms. The second kappa shape index (κ2) is 8.08. The van der Waals surface area contributed by atoms with Gasteiger partial charge in [-0.1, -0.05) is 24.6 Å². The Kier molecular flexibility index (Phi) is 5.74. The predicted molar refractivity (Wildman–Crippen MR) is 110 cm³/mol. The maximum atomic E-state index is 12.9. The summed E-state index contributed by atoms with van der Waals surface area (Å²) in [6, 6.07) is 8.16. The Bertz CT molecular complexity index is 994. The highest BCUT2D eigenvalue weighted by Gasteiger charge is 2.39. The molecule has 152 valence electrons. The topological polar surface area (TPSA) is 102 Å². The first-order valence-electron chi connectivity index (χ1n) is 9.08. The summed E-state index contributed by atoms with van der Waals surface area (Å²) in [5, 5.41) is 14.4. The lowest BCUT2D eigenvalue weighted by molar-refractivity contribution is -0.384. The van der Waals surface area contributed by atoms with Crippen LogP contribution in [-0.4, -0.2) is 28.9 Å². The second-order valence-corrected chi connectivity index (χ2v) is 7.17. The minimum atomic E-state index is -0.929. The monoisotopic (exact) mass is 417 g/mol. The van der Waals surface area contributed by atoms with E-state index in [0.717, 1.165) is 5.56 Å². The number of halogens is 1. The summed E-state index contributed by atoms with van der Waals surface area (Å²) < 4.78 is 5.67. The Labute approximate surface area is 172 Å². The first-order chi connectivity index (χ1) is 13.7. The number of fused-ring (bicyclic) bond motifs is 1. The number of anilines is 2. The molecule has 2 aromatic rings. The molecule has 29 heavy (non-hydrogen) atoms. The molecular weight excluding hydrogens is 398 g/mol. The van der Waals surface area contributed by atoms with Gasteiger partial charge in [0, 0.05) is 22.8 Å². The number of rotatable bonds is 5. The fraction of sp³-hybridized carbons (Fsp3) is 0.300. The number of hydrogen-bond donors (Lipinski definition) is 1. The maximum Gasteiger partial charge on any atom is 0.271 e. The van der Waals surface area contributed by atoms with Crippen LogP contribution in [0.4, 0.5) is 17.1 Å². The first-order valence-corrected chi connectivity index (χ1v) is 9.46. The van der Waals surface area contributed by atoms with Crippen molar-refractivity contribution in [1.29, 1.82) is 0 Å². The molecule has 0 aliphatic carbocycles. The number of nitro groups is 1. The average molecular weight is 418 g/mol. The zero-order valence-corrected chi connectivity index (χ0v) is 16.9. The summed E-state index contributed by atoms with van der Waals surface area (Å²) in [5.74, 6) is -0.558. The second-order valence-electron chi connectivity index (χ2n) is 6.76. The van der Waals surface area contributed by atoms with Crippen molar-refractivity contribution in [2.75, 3.05) is 10.2 Å². The third-order valence-electron chi connectivity index (χ3n) is 4.77. The predicted octanol–water partition coefficient (Wildman–Crippen LogP) is 4.09. The molecule has 2 aromatic carbocycles. The zero-order chi connectivity index (χ0) is 21.3. The van der Waals surface area contributed by atoms with E-state index in [9.17, 15) is 19.7 Å². The van der Waals surface area contributed by atoms with E-state index < -0.39 is 28.9 Å². The van der Waals surface area contributed by atoms with Crippen molar-refractivity contribution in [1.82, 2.24) is 0 Å². The summed E-state index contributed by atoms with van der Waals surface area (Å²) in [7, 11) is 0. The maximum absolute atomic E-state index is 12.9. The van der Waals surface area contributed by atoms with Gasteiger partial charge in [0.1, 0.15) is 11.8 Å². The van der Waals surface area contributed by atoms with Crippen LogP contribution in [0.5, 0.6) is 5.75 Å². The molecule has 1 aliphatic rings. The number of hydrogen-bond acceptors (Lipinski definition) is 5. The number of carbonyl (C=O) groups excluding carboxylic acids is 2. The van der Waals surface area contributed by atoms with Gasteiger partial charge in [0.15, 0.2) is 6.10 Å². The molecule has 0 aromatic heterocycles. The van der Waals surface area contributed by atoms with E-state index in [-0.39, 0.29) is 11.4 Å². The molecule has 2 atom stereocenters. The molecule has 1 aliphatic heterocycles. The number of non-ortho nitro benzene ring substituents is 1. The number of ether oxygens (including phenoxy) is 1. The molecule has 1 heterocycles. The van der Waals surface area contributed by atoms with E-state index in [0.29, 0.717) is 22.9 Å². The van der Waals surface area contributed by atoms with E-state index in [1.165, 1.54) is 23.1 Å². The lowest BCUT2D eigenvalue weighted by Crippen LogP contribution is -2.53. The van der Waals surface area contributed by atoms with Crippen LogP contribution in [0, 0.1) is 17.0 Å². The standard InChI is InChI=1S/C20H20ClN3O5/c1-4-17-20(26)23(16-10-14(24(27)28)7-8-18(16)29-17)12(3)19(25)22-13-6-5-11(2)15(21)9-13/h5-10,12,17H,4H2,1-3H3,(H,22,25). The molecule has 2 unspecified atom stereocenters. The summed E-state index contributed by atoms with van der Waals surface area (Å²) >= 11 is 6.10. The molecule has 0 radical (unpaired) electrons. The van der Waals surface area contributed by atoms with Crippen LogP contribution in [0.2, 0.25) is 5.02 Å². The van der Waals surface area contributed by atoms with E-state index in [4.69, 9.17) is 16.3 Å². The van der Waals surface area contributed by atoms with Gasteiger partial charge in [-0.05, 0) is 44.0 Å². The molecule has 0 fully saturated rings. The molecular formula is C20H20ClN3O5. The van der Waals surface area contributed by atoms with E-state index in [2.05, 4.69) is 5.32 Å². The lowest BCUT2D eigenvalue weighted by Gasteiger charge is -2.36. The smallest absolute Gasteiger partial charge is 0.271 e. The number of benzene rings is 2.